The summed E-state index contributed by atoms with van der Waals surface area (Å²) >= 11 is 0. The van der Waals surface area contributed by atoms with E-state index in [9.17, 15) is 0 Å². The number of fused-ring (bicyclic) bond motifs is 1. The van der Waals surface area contributed by atoms with Gasteiger partial charge in [0.15, 0.2) is 0 Å². The Balaban J connectivity index is 2.13. The second-order valence-corrected chi connectivity index (χ2v) is 5.87. The molecule has 76 valence electrons. The van der Waals surface area contributed by atoms with Crippen molar-refractivity contribution < 1.29 is 0 Å². The van der Waals surface area contributed by atoms with Crippen molar-refractivity contribution >= 4 is 0 Å². The fourth-order valence-corrected chi connectivity index (χ4v) is 3.79. The van der Waals surface area contributed by atoms with E-state index in [1.165, 1.54) is 25.7 Å². The Bertz CT molecular complexity index is 197. The van der Waals surface area contributed by atoms with Crippen molar-refractivity contribution in [3.05, 3.63) is 0 Å². The van der Waals surface area contributed by atoms with Crippen LogP contribution in [0.25, 0.3) is 0 Å². The zero-order valence-electron chi connectivity index (χ0n) is 9.22. The Kier molecular flexibility index (Phi) is 2.18. The van der Waals surface area contributed by atoms with Crippen LogP contribution >= 0.6 is 0 Å². The summed E-state index contributed by atoms with van der Waals surface area (Å²) in [5.41, 5.74) is 6.73. The van der Waals surface area contributed by atoms with Gasteiger partial charge in [0.1, 0.15) is 0 Å². The summed E-state index contributed by atoms with van der Waals surface area (Å²) < 4.78 is 0. The Hall–Kier alpha value is -0.0400. The predicted molar refractivity (Wildman–Crippen MR) is 56.4 cm³/mol. The zero-order valence-corrected chi connectivity index (χ0v) is 9.22. The molecule has 0 bridgehead atoms. The third-order valence-corrected chi connectivity index (χ3v) is 4.60. The first-order chi connectivity index (χ1) is 6.04. The largest absolute Gasteiger partial charge is 0.327 e. The molecule has 0 aromatic carbocycles. The smallest absolute Gasteiger partial charge is 0.00753 e. The molecular weight excluding hydrogens is 158 g/mol. The molecule has 0 aliphatic heterocycles. The normalized spacial score (nSPS) is 48.0. The van der Waals surface area contributed by atoms with E-state index in [2.05, 4.69) is 20.8 Å². The molecule has 0 amide bonds. The summed E-state index contributed by atoms with van der Waals surface area (Å²) in [7, 11) is 0. The Morgan fingerprint density at radius 2 is 2.00 bits per heavy atom. The minimum absolute atomic E-state index is 0.497. The lowest BCUT2D eigenvalue weighted by molar-refractivity contribution is 0.234. The Morgan fingerprint density at radius 3 is 2.54 bits per heavy atom. The van der Waals surface area contributed by atoms with Crippen LogP contribution in [0, 0.1) is 23.2 Å². The van der Waals surface area contributed by atoms with Gasteiger partial charge >= 0.3 is 0 Å². The molecule has 0 heterocycles. The van der Waals surface area contributed by atoms with Crippen LogP contribution in [0.15, 0.2) is 0 Å². The highest BCUT2D eigenvalue weighted by Gasteiger charge is 2.50. The van der Waals surface area contributed by atoms with Crippen LogP contribution < -0.4 is 5.73 Å². The van der Waals surface area contributed by atoms with Crippen molar-refractivity contribution in [1.29, 1.82) is 0 Å². The average molecular weight is 181 g/mol. The lowest BCUT2D eigenvalue weighted by Gasteiger charge is -2.26. The van der Waals surface area contributed by atoms with Crippen molar-refractivity contribution in [2.75, 3.05) is 0 Å². The van der Waals surface area contributed by atoms with E-state index in [0.717, 1.165) is 17.8 Å². The number of rotatable bonds is 1. The van der Waals surface area contributed by atoms with Crippen molar-refractivity contribution in [3.63, 3.8) is 0 Å². The highest BCUT2D eigenvalue weighted by atomic mass is 14.7. The second kappa shape index (κ2) is 2.98. The van der Waals surface area contributed by atoms with Gasteiger partial charge in [0.2, 0.25) is 0 Å². The minimum Gasteiger partial charge on any atom is -0.327 e. The summed E-state index contributed by atoms with van der Waals surface area (Å²) in [6.45, 7) is 7.15. The number of hydrogen-bond donors (Lipinski definition) is 1. The van der Waals surface area contributed by atoms with Crippen LogP contribution in [-0.2, 0) is 0 Å². The fraction of sp³-hybridized carbons (Fsp3) is 1.00. The van der Waals surface area contributed by atoms with Crippen LogP contribution in [0.3, 0.4) is 0 Å². The molecular formula is C12H23N. The molecule has 0 aromatic rings. The number of hydrogen-bond acceptors (Lipinski definition) is 1. The molecule has 0 spiro atoms. The van der Waals surface area contributed by atoms with E-state index >= 15 is 0 Å². The van der Waals surface area contributed by atoms with E-state index < -0.39 is 0 Å². The highest BCUT2D eigenvalue weighted by molar-refractivity contribution is 5.02. The molecule has 13 heavy (non-hydrogen) atoms. The van der Waals surface area contributed by atoms with Gasteiger partial charge in [-0.1, -0.05) is 27.2 Å². The molecule has 1 heteroatoms. The molecule has 2 unspecified atom stereocenters. The minimum atomic E-state index is 0.497. The molecule has 2 fully saturated rings. The van der Waals surface area contributed by atoms with E-state index in [0.29, 0.717) is 11.5 Å². The summed E-state index contributed by atoms with van der Waals surface area (Å²) in [5.74, 6) is 2.74. The number of nitrogens with two attached hydrogens (primary N) is 1. The van der Waals surface area contributed by atoms with E-state index in [1.807, 2.05) is 0 Å². The molecule has 2 aliphatic rings. The third-order valence-electron chi connectivity index (χ3n) is 4.60. The lowest BCUT2D eigenvalue weighted by atomic mass is 9.79. The van der Waals surface area contributed by atoms with Crippen molar-refractivity contribution in [2.45, 2.75) is 52.5 Å². The van der Waals surface area contributed by atoms with Crippen LogP contribution in [0.2, 0.25) is 0 Å². The average Bonchev–Trinajstić information content (AvgIpc) is 2.53. The molecule has 2 rings (SSSR count). The maximum absolute atomic E-state index is 6.21. The fourth-order valence-electron chi connectivity index (χ4n) is 3.79. The third kappa shape index (κ3) is 1.41. The summed E-state index contributed by atoms with van der Waals surface area (Å²) in [6, 6.07) is 0.497. The summed E-state index contributed by atoms with van der Waals surface area (Å²) in [5, 5.41) is 0. The van der Waals surface area contributed by atoms with Gasteiger partial charge in [-0.15, -0.1) is 0 Å². The van der Waals surface area contributed by atoms with Gasteiger partial charge in [-0.05, 0) is 42.4 Å². The second-order valence-electron chi connectivity index (χ2n) is 5.87. The Labute approximate surface area is 82.1 Å². The van der Waals surface area contributed by atoms with Crippen molar-refractivity contribution in [2.24, 2.45) is 28.9 Å². The molecule has 2 saturated carbocycles. The molecule has 0 aromatic heterocycles. The van der Waals surface area contributed by atoms with Gasteiger partial charge in [0.05, 0.1) is 0 Å². The molecule has 2 N–H and O–H groups in total. The first-order valence-electron chi connectivity index (χ1n) is 5.80. The van der Waals surface area contributed by atoms with Gasteiger partial charge in [-0.3, -0.25) is 0 Å². The quantitative estimate of drug-likeness (QED) is 0.661. The zero-order chi connectivity index (χ0) is 9.64. The topological polar surface area (TPSA) is 26.0 Å². The Morgan fingerprint density at radius 1 is 1.31 bits per heavy atom. The lowest BCUT2D eigenvalue weighted by Crippen LogP contribution is -2.25. The highest BCUT2D eigenvalue weighted by Crippen LogP contribution is 2.56. The van der Waals surface area contributed by atoms with E-state index in [4.69, 9.17) is 5.73 Å². The summed E-state index contributed by atoms with van der Waals surface area (Å²) in [6.07, 6.45) is 5.46. The first kappa shape index (κ1) is 9.51. The van der Waals surface area contributed by atoms with E-state index in [1.54, 1.807) is 0 Å². The monoisotopic (exact) mass is 181 g/mol. The molecule has 0 radical (unpaired) electrons. The van der Waals surface area contributed by atoms with Crippen LogP contribution in [-0.4, -0.2) is 6.04 Å². The van der Waals surface area contributed by atoms with E-state index in [-0.39, 0.29) is 0 Å². The van der Waals surface area contributed by atoms with Gasteiger partial charge in [-0.25, -0.2) is 0 Å². The van der Waals surface area contributed by atoms with Gasteiger partial charge < -0.3 is 5.73 Å². The SMILES string of the molecule is CCC1C[C@@H]2C(N)CC(C)(C)[C@@H]2C1. The van der Waals surface area contributed by atoms with Crippen LogP contribution in [0.1, 0.15) is 46.5 Å². The van der Waals surface area contributed by atoms with Gasteiger partial charge in [-0.2, -0.15) is 0 Å². The maximum atomic E-state index is 6.21. The van der Waals surface area contributed by atoms with Gasteiger partial charge in [0.25, 0.3) is 0 Å². The van der Waals surface area contributed by atoms with Crippen molar-refractivity contribution in [1.82, 2.24) is 0 Å². The van der Waals surface area contributed by atoms with Gasteiger partial charge in [0, 0.05) is 6.04 Å². The summed E-state index contributed by atoms with van der Waals surface area (Å²) in [4.78, 5) is 0. The first-order valence-corrected chi connectivity index (χ1v) is 5.80. The molecule has 1 nitrogen and oxygen atoms in total. The standard InChI is InChI=1S/C12H23N/c1-4-8-5-9-10(6-8)12(2,3)7-11(9)13/h8-11H,4-7,13H2,1-3H3/t8?,9-,10+,11?/m0/s1. The van der Waals surface area contributed by atoms with Crippen molar-refractivity contribution in [3.8, 4) is 0 Å². The predicted octanol–water partition coefficient (Wildman–Crippen LogP) is 2.80. The molecule has 0 saturated heterocycles. The molecule has 2 aliphatic carbocycles. The van der Waals surface area contributed by atoms with Crippen LogP contribution in [0.4, 0.5) is 0 Å². The van der Waals surface area contributed by atoms with Crippen LogP contribution in [0.5, 0.6) is 0 Å². The maximum Gasteiger partial charge on any atom is 0.00753 e. The molecule has 4 atom stereocenters.